The highest BCUT2D eigenvalue weighted by molar-refractivity contribution is 6.32. The molecule has 3 nitrogen and oxygen atoms in total. The average Bonchev–Trinajstić information content (AvgIpc) is 3.46. The van der Waals surface area contributed by atoms with Crippen LogP contribution in [-0.2, 0) is 0 Å². The molecule has 0 unspecified atom stereocenters. The van der Waals surface area contributed by atoms with Gasteiger partial charge in [-0.25, -0.2) is 0 Å². The lowest BCUT2D eigenvalue weighted by Gasteiger charge is -2.15. The van der Waals surface area contributed by atoms with Gasteiger partial charge in [-0.3, -0.25) is 13.8 Å². The van der Waals surface area contributed by atoms with E-state index in [0.29, 0.717) is 5.39 Å². The van der Waals surface area contributed by atoms with Gasteiger partial charge in [-0.15, -0.1) is 0 Å². The maximum Gasteiger partial charge on any atom is 0.266 e. The normalized spacial score (nSPS) is 11.7. The van der Waals surface area contributed by atoms with Gasteiger partial charge in [0.2, 0.25) is 0 Å². The lowest BCUT2D eigenvalue weighted by atomic mass is 9.94. The van der Waals surface area contributed by atoms with Crippen LogP contribution in [0.3, 0.4) is 0 Å². The lowest BCUT2D eigenvalue weighted by molar-refractivity contribution is 1.01. The van der Waals surface area contributed by atoms with Crippen LogP contribution in [0.15, 0.2) is 163 Å². The van der Waals surface area contributed by atoms with E-state index in [0.717, 1.165) is 55.4 Å². The summed E-state index contributed by atoms with van der Waals surface area (Å²) >= 11 is 0. The second-order valence-electron chi connectivity index (χ2n) is 11.3. The van der Waals surface area contributed by atoms with Gasteiger partial charge in [-0.05, 0) is 62.5 Å². The SMILES string of the molecule is O=c1c2cc(-c3ccccc3)ccc2n2c(-c3ccccc3)c3c4ccccc4c4ccccc4c3c2n1-c1ccccc1. The van der Waals surface area contributed by atoms with Gasteiger partial charge in [-0.1, -0.05) is 133 Å². The van der Waals surface area contributed by atoms with E-state index in [1.54, 1.807) is 0 Å². The number of hydrogen-bond donors (Lipinski definition) is 0. The van der Waals surface area contributed by atoms with Crippen molar-refractivity contribution in [2.75, 3.05) is 0 Å². The molecule has 0 aliphatic heterocycles. The second kappa shape index (κ2) is 9.55. The Labute approximate surface area is 253 Å². The maximum atomic E-state index is 14.9. The summed E-state index contributed by atoms with van der Waals surface area (Å²) in [6, 6.07) is 54.5. The van der Waals surface area contributed by atoms with Crippen molar-refractivity contribution in [1.82, 2.24) is 8.97 Å². The van der Waals surface area contributed by atoms with Gasteiger partial charge >= 0.3 is 0 Å². The average molecular weight is 563 g/mol. The number of hydrogen-bond acceptors (Lipinski definition) is 1. The van der Waals surface area contributed by atoms with E-state index in [4.69, 9.17) is 0 Å². The molecule has 0 atom stereocenters. The minimum Gasteiger partial charge on any atom is -0.293 e. The Balaban J connectivity index is 1.63. The van der Waals surface area contributed by atoms with E-state index >= 15 is 0 Å². The Morgan fingerprint density at radius 1 is 0.409 bits per heavy atom. The first-order valence-electron chi connectivity index (χ1n) is 14.9. The van der Waals surface area contributed by atoms with Crippen molar-refractivity contribution in [1.29, 1.82) is 0 Å². The standard InChI is InChI=1S/C41H26N2O/c44-41-35-26-29(27-14-4-1-5-15-27)24-25-36(35)43-39(28-16-6-2-7-17-28)37-33-22-12-10-20-31(33)32-21-11-13-23-34(32)38(37)40(43)42(41)30-18-8-3-9-19-30/h1-26H. The third-order valence-corrected chi connectivity index (χ3v) is 8.88. The van der Waals surface area contributed by atoms with E-state index in [1.807, 2.05) is 53.1 Å². The molecule has 0 fully saturated rings. The smallest absolute Gasteiger partial charge is 0.266 e. The largest absolute Gasteiger partial charge is 0.293 e. The van der Waals surface area contributed by atoms with E-state index in [2.05, 4.69) is 114 Å². The summed E-state index contributed by atoms with van der Waals surface area (Å²) in [4.78, 5) is 14.9. The third-order valence-electron chi connectivity index (χ3n) is 8.88. The van der Waals surface area contributed by atoms with Crippen molar-refractivity contribution in [3.8, 4) is 28.1 Å². The van der Waals surface area contributed by atoms with Crippen LogP contribution in [0.1, 0.15) is 0 Å². The zero-order valence-corrected chi connectivity index (χ0v) is 23.8. The highest BCUT2D eigenvalue weighted by Crippen LogP contribution is 2.45. The fraction of sp³-hybridized carbons (Fsp3) is 0. The third kappa shape index (κ3) is 3.47. The monoisotopic (exact) mass is 562 g/mol. The van der Waals surface area contributed by atoms with Crippen molar-refractivity contribution in [2.45, 2.75) is 0 Å². The van der Waals surface area contributed by atoms with Crippen molar-refractivity contribution in [3.63, 3.8) is 0 Å². The summed E-state index contributed by atoms with van der Waals surface area (Å²) in [5.74, 6) is 0. The summed E-state index contributed by atoms with van der Waals surface area (Å²) in [6.07, 6.45) is 0. The Bertz CT molecular complexity index is 2600. The molecule has 0 bridgehead atoms. The summed E-state index contributed by atoms with van der Waals surface area (Å²) < 4.78 is 4.25. The molecule has 0 saturated heterocycles. The first kappa shape index (κ1) is 24.6. The van der Waals surface area contributed by atoms with Gasteiger partial charge in [0.1, 0.15) is 5.65 Å². The van der Waals surface area contributed by atoms with Gasteiger partial charge < -0.3 is 0 Å². The van der Waals surface area contributed by atoms with Crippen LogP contribution in [0.4, 0.5) is 0 Å². The van der Waals surface area contributed by atoms with E-state index < -0.39 is 0 Å². The molecule has 0 aliphatic rings. The van der Waals surface area contributed by atoms with Crippen LogP contribution in [0.2, 0.25) is 0 Å². The molecule has 0 N–H and O–H groups in total. The summed E-state index contributed by atoms with van der Waals surface area (Å²) in [5, 5.41) is 7.58. The molecule has 0 amide bonds. The van der Waals surface area contributed by atoms with E-state index in [9.17, 15) is 4.79 Å². The van der Waals surface area contributed by atoms with Gasteiger partial charge in [0.15, 0.2) is 0 Å². The molecule has 7 aromatic carbocycles. The highest BCUT2D eigenvalue weighted by atomic mass is 16.1. The molecule has 0 saturated carbocycles. The van der Waals surface area contributed by atoms with E-state index in [-0.39, 0.29) is 5.56 Å². The first-order chi connectivity index (χ1) is 21.8. The molecule has 206 valence electrons. The predicted molar refractivity (Wildman–Crippen MR) is 184 cm³/mol. The molecular weight excluding hydrogens is 536 g/mol. The number of benzene rings is 7. The van der Waals surface area contributed by atoms with Gasteiger partial charge in [0.25, 0.3) is 5.56 Å². The summed E-state index contributed by atoms with van der Waals surface area (Å²) in [7, 11) is 0. The summed E-state index contributed by atoms with van der Waals surface area (Å²) in [6.45, 7) is 0. The van der Waals surface area contributed by atoms with Crippen molar-refractivity contribution < 1.29 is 0 Å². The fourth-order valence-electron chi connectivity index (χ4n) is 7.01. The minimum atomic E-state index is -0.0345. The molecule has 0 aliphatic carbocycles. The minimum absolute atomic E-state index is 0.0345. The quantitative estimate of drug-likeness (QED) is 0.197. The molecule has 9 aromatic rings. The Morgan fingerprint density at radius 3 is 1.57 bits per heavy atom. The zero-order valence-electron chi connectivity index (χ0n) is 23.8. The second-order valence-corrected chi connectivity index (χ2v) is 11.3. The number of aromatic nitrogens is 2. The number of nitrogens with zero attached hydrogens (tertiary/aromatic N) is 2. The van der Waals surface area contributed by atoms with Crippen LogP contribution in [0, 0.1) is 0 Å². The van der Waals surface area contributed by atoms with Gasteiger partial charge in [0, 0.05) is 10.8 Å². The maximum absolute atomic E-state index is 14.9. The van der Waals surface area contributed by atoms with Crippen LogP contribution >= 0.6 is 0 Å². The number of rotatable bonds is 3. The van der Waals surface area contributed by atoms with Gasteiger partial charge in [-0.2, -0.15) is 0 Å². The molecule has 3 heteroatoms. The van der Waals surface area contributed by atoms with Gasteiger partial charge in [0.05, 0.1) is 22.3 Å². The molecule has 44 heavy (non-hydrogen) atoms. The van der Waals surface area contributed by atoms with Crippen molar-refractivity contribution in [3.05, 3.63) is 168 Å². The Kier molecular flexibility index (Phi) is 5.35. The first-order valence-corrected chi connectivity index (χ1v) is 14.9. The highest BCUT2D eigenvalue weighted by Gasteiger charge is 2.25. The van der Waals surface area contributed by atoms with Crippen LogP contribution < -0.4 is 5.56 Å². The molecule has 0 radical (unpaired) electrons. The van der Waals surface area contributed by atoms with Crippen molar-refractivity contribution in [2.24, 2.45) is 0 Å². The lowest BCUT2D eigenvalue weighted by Crippen LogP contribution is -2.21. The Hall–Kier alpha value is -5.93. The van der Waals surface area contributed by atoms with Crippen LogP contribution in [0.5, 0.6) is 0 Å². The number of fused-ring (bicyclic) bond motifs is 10. The molecule has 2 aromatic heterocycles. The number of para-hydroxylation sites is 1. The molecule has 0 spiro atoms. The zero-order chi connectivity index (χ0) is 29.2. The van der Waals surface area contributed by atoms with E-state index in [1.165, 1.54) is 16.2 Å². The van der Waals surface area contributed by atoms with Crippen molar-refractivity contribution >= 4 is 48.9 Å². The molecule has 9 rings (SSSR count). The summed E-state index contributed by atoms with van der Waals surface area (Å²) in [5.41, 5.74) is 6.85. The van der Waals surface area contributed by atoms with Crippen LogP contribution in [0.25, 0.3) is 76.9 Å². The topological polar surface area (TPSA) is 26.4 Å². The molecular formula is C41H26N2O. The molecule has 2 heterocycles. The predicted octanol–water partition coefficient (Wildman–Crippen LogP) is 10.0. The fourth-order valence-corrected chi connectivity index (χ4v) is 7.01. The van der Waals surface area contributed by atoms with Crippen LogP contribution in [-0.4, -0.2) is 8.97 Å². The Morgan fingerprint density at radius 2 is 0.932 bits per heavy atom.